The van der Waals surface area contributed by atoms with Crippen LogP contribution in [-0.2, 0) is 0 Å². The van der Waals surface area contributed by atoms with Gasteiger partial charge in [0.05, 0.1) is 9.86 Å². The minimum atomic E-state index is -3.15. The SMILES string of the molecule is Oc1nc(O)c2cc(OC(F)F)c(Br)c(F)c2n1. The second-order valence-corrected chi connectivity index (χ2v) is 3.92. The van der Waals surface area contributed by atoms with Gasteiger partial charge in [0.2, 0.25) is 5.88 Å². The highest BCUT2D eigenvalue weighted by Gasteiger charge is 2.19. The Balaban J connectivity index is 2.75. The van der Waals surface area contributed by atoms with Crippen molar-refractivity contribution in [3.8, 4) is 17.6 Å². The zero-order valence-electron chi connectivity index (χ0n) is 8.36. The van der Waals surface area contributed by atoms with Crippen LogP contribution in [0.3, 0.4) is 0 Å². The Morgan fingerprint density at radius 3 is 2.56 bits per heavy atom. The Bertz CT molecular complexity index is 624. The van der Waals surface area contributed by atoms with E-state index in [0.29, 0.717) is 0 Å². The number of fused-ring (bicyclic) bond motifs is 1. The lowest BCUT2D eigenvalue weighted by Crippen LogP contribution is -2.04. The first-order valence-electron chi connectivity index (χ1n) is 4.42. The van der Waals surface area contributed by atoms with Gasteiger partial charge < -0.3 is 14.9 Å². The lowest BCUT2D eigenvalue weighted by Gasteiger charge is -2.10. The smallest absolute Gasteiger partial charge is 0.387 e. The molecule has 0 saturated heterocycles. The van der Waals surface area contributed by atoms with E-state index in [1.54, 1.807) is 0 Å². The first-order valence-corrected chi connectivity index (χ1v) is 5.22. The molecule has 0 atom stereocenters. The van der Waals surface area contributed by atoms with Crippen molar-refractivity contribution in [2.75, 3.05) is 0 Å². The van der Waals surface area contributed by atoms with Crippen molar-refractivity contribution in [2.24, 2.45) is 0 Å². The van der Waals surface area contributed by atoms with Gasteiger partial charge in [0.25, 0.3) is 0 Å². The van der Waals surface area contributed by atoms with Crippen LogP contribution in [0.4, 0.5) is 13.2 Å². The fourth-order valence-corrected chi connectivity index (χ4v) is 1.73. The third-order valence-corrected chi connectivity index (χ3v) is 2.76. The minimum Gasteiger partial charge on any atom is -0.493 e. The summed E-state index contributed by atoms with van der Waals surface area (Å²) in [6, 6.07) is 0.0944. The van der Waals surface area contributed by atoms with Gasteiger partial charge in [-0.1, -0.05) is 0 Å². The van der Waals surface area contributed by atoms with Crippen LogP contribution in [0.5, 0.6) is 17.6 Å². The van der Waals surface area contributed by atoms with E-state index in [2.05, 4.69) is 30.6 Å². The molecule has 96 valence electrons. The fraction of sp³-hybridized carbons (Fsp3) is 0.111. The fourth-order valence-electron chi connectivity index (χ4n) is 1.33. The van der Waals surface area contributed by atoms with Crippen molar-refractivity contribution < 1.29 is 28.1 Å². The van der Waals surface area contributed by atoms with E-state index in [9.17, 15) is 18.3 Å². The molecule has 0 unspecified atom stereocenters. The van der Waals surface area contributed by atoms with E-state index in [4.69, 9.17) is 5.11 Å². The van der Waals surface area contributed by atoms with Crippen molar-refractivity contribution in [1.82, 2.24) is 9.97 Å². The van der Waals surface area contributed by atoms with Gasteiger partial charge in [-0.25, -0.2) is 4.39 Å². The van der Waals surface area contributed by atoms with E-state index in [-0.39, 0.29) is 5.39 Å². The van der Waals surface area contributed by atoms with Crippen molar-refractivity contribution in [2.45, 2.75) is 6.61 Å². The summed E-state index contributed by atoms with van der Waals surface area (Å²) < 4.78 is 41.7. The molecular weight excluding hydrogens is 321 g/mol. The summed E-state index contributed by atoms with van der Waals surface area (Å²) >= 11 is 2.72. The van der Waals surface area contributed by atoms with Crippen LogP contribution in [0.2, 0.25) is 0 Å². The zero-order valence-corrected chi connectivity index (χ0v) is 9.95. The summed E-state index contributed by atoms with van der Waals surface area (Å²) in [7, 11) is 0. The van der Waals surface area contributed by atoms with E-state index in [0.717, 1.165) is 6.07 Å². The summed E-state index contributed by atoms with van der Waals surface area (Å²) in [5.74, 6) is -2.32. The number of alkyl halides is 2. The molecule has 18 heavy (non-hydrogen) atoms. The third kappa shape index (κ3) is 2.13. The third-order valence-electron chi connectivity index (χ3n) is 2.02. The van der Waals surface area contributed by atoms with E-state index >= 15 is 0 Å². The van der Waals surface area contributed by atoms with E-state index in [1.807, 2.05) is 0 Å². The number of aromatic nitrogens is 2. The van der Waals surface area contributed by atoms with Gasteiger partial charge in [-0.15, -0.1) is 0 Å². The van der Waals surface area contributed by atoms with Gasteiger partial charge in [0, 0.05) is 0 Å². The number of ether oxygens (including phenoxy) is 1. The molecule has 0 radical (unpaired) electrons. The van der Waals surface area contributed by atoms with Gasteiger partial charge >= 0.3 is 12.6 Å². The van der Waals surface area contributed by atoms with E-state index in [1.165, 1.54) is 0 Å². The molecule has 1 aromatic heterocycles. The molecule has 1 heterocycles. The number of hydrogen-bond acceptors (Lipinski definition) is 5. The van der Waals surface area contributed by atoms with E-state index < -0.39 is 40.1 Å². The lowest BCUT2D eigenvalue weighted by molar-refractivity contribution is -0.0504. The summed E-state index contributed by atoms with van der Waals surface area (Å²) in [6.07, 6.45) is 0. The molecule has 5 nitrogen and oxygen atoms in total. The standard InChI is InChI=1S/C9H4BrF3N2O3/c10-4-3(18-8(12)13)1-2-6(5(4)11)14-9(17)15-7(2)16/h1,8H,(H2,14,15,16,17). The van der Waals surface area contributed by atoms with Gasteiger partial charge in [0.15, 0.2) is 5.82 Å². The Morgan fingerprint density at radius 1 is 1.28 bits per heavy atom. The van der Waals surface area contributed by atoms with Crippen molar-refractivity contribution in [3.63, 3.8) is 0 Å². The van der Waals surface area contributed by atoms with Crippen LogP contribution in [0, 0.1) is 5.82 Å². The number of benzene rings is 1. The first kappa shape index (κ1) is 12.7. The van der Waals surface area contributed by atoms with Crippen LogP contribution in [-0.4, -0.2) is 26.8 Å². The largest absolute Gasteiger partial charge is 0.493 e. The van der Waals surface area contributed by atoms with Gasteiger partial charge in [0.1, 0.15) is 11.3 Å². The number of rotatable bonds is 2. The van der Waals surface area contributed by atoms with Gasteiger partial charge in [-0.3, -0.25) is 0 Å². The Kier molecular flexibility index (Phi) is 3.16. The zero-order chi connectivity index (χ0) is 13.4. The van der Waals surface area contributed by atoms with Gasteiger partial charge in [-0.2, -0.15) is 18.7 Å². The molecule has 0 aliphatic heterocycles. The maximum absolute atomic E-state index is 13.8. The highest BCUT2D eigenvalue weighted by atomic mass is 79.9. The summed E-state index contributed by atoms with van der Waals surface area (Å²) in [6.45, 7) is -3.15. The molecular formula is C9H4BrF3N2O3. The number of nitrogens with zero attached hydrogens (tertiary/aromatic N) is 2. The second-order valence-electron chi connectivity index (χ2n) is 3.12. The highest BCUT2D eigenvalue weighted by Crippen LogP contribution is 2.37. The Morgan fingerprint density at radius 2 is 1.94 bits per heavy atom. The van der Waals surface area contributed by atoms with Crippen LogP contribution in [0.25, 0.3) is 10.9 Å². The molecule has 9 heteroatoms. The molecule has 0 fully saturated rings. The minimum absolute atomic E-state index is 0.260. The molecule has 2 N–H and O–H groups in total. The molecule has 2 aromatic rings. The molecule has 0 amide bonds. The van der Waals surface area contributed by atoms with Crippen LogP contribution < -0.4 is 4.74 Å². The van der Waals surface area contributed by atoms with Crippen molar-refractivity contribution >= 4 is 26.8 Å². The average Bonchev–Trinajstić information content (AvgIpc) is 2.26. The second kappa shape index (κ2) is 4.48. The average molecular weight is 325 g/mol. The molecule has 2 rings (SSSR count). The molecule has 0 saturated carbocycles. The predicted molar refractivity (Wildman–Crippen MR) is 57.2 cm³/mol. The summed E-state index contributed by atoms with van der Waals surface area (Å²) in [4.78, 5) is 6.52. The number of aromatic hydroxyl groups is 2. The van der Waals surface area contributed by atoms with Crippen LogP contribution >= 0.6 is 15.9 Å². The van der Waals surface area contributed by atoms with Crippen LogP contribution in [0.15, 0.2) is 10.5 Å². The molecule has 0 aliphatic carbocycles. The Hall–Kier alpha value is -1.77. The maximum atomic E-state index is 13.8. The van der Waals surface area contributed by atoms with Crippen molar-refractivity contribution in [3.05, 3.63) is 16.4 Å². The molecule has 0 aliphatic rings. The first-order chi connectivity index (χ1) is 8.40. The molecule has 1 aromatic carbocycles. The number of halogens is 4. The maximum Gasteiger partial charge on any atom is 0.387 e. The summed E-state index contributed by atoms with van der Waals surface area (Å²) in [5.41, 5.74) is -0.423. The molecule has 0 bridgehead atoms. The topological polar surface area (TPSA) is 75.5 Å². The molecule has 0 spiro atoms. The summed E-state index contributed by atoms with van der Waals surface area (Å²) in [5, 5.41) is 18.2. The monoisotopic (exact) mass is 324 g/mol. The predicted octanol–water partition coefficient (Wildman–Crippen LogP) is 2.54. The number of hydrogen-bond donors (Lipinski definition) is 2. The van der Waals surface area contributed by atoms with Crippen molar-refractivity contribution in [1.29, 1.82) is 0 Å². The highest BCUT2D eigenvalue weighted by molar-refractivity contribution is 9.10. The van der Waals surface area contributed by atoms with Crippen LogP contribution in [0.1, 0.15) is 0 Å². The lowest BCUT2D eigenvalue weighted by atomic mass is 10.2. The normalized spacial score (nSPS) is 11.2. The van der Waals surface area contributed by atoms with Gasteiger partial charge in [-0.05, 0) is 22.0 Å². The Labute approximate surface area is 106 Å². The quantitative estimate of drug-likeness (QED) is 0.887.